The van der Waals surface area contributed by atoms with Crippen LogP contribution in [0.2, 0.25) is 5.02 Å². The van der Waals surface area contributed by atoms with E-state index in [-0.39, 0.29) is 41.6 Å². The highest BCUT2D eigenvalue weighted by atomic mass is 35.5. The van der Waals surface area contributed by atoms with Gasteiger partial charge in [0.1, 0.15) is 23.7 Å². The first-order chi connectivity index (χ1) is 17.7. The summed E-state index contributed by atoms with van der Waals surface area (Å²) in [7, 11) is 5.52. The lowest BCUT2D eigenvalue weighted by Crippen LogP contribution is -2.35. The lowest BCUT2D eigenvalue weighted by Gasteiger charge is -2.31. The molecule has 0 unspecified atom stereocenters. The van der Waals surface area contributed by atoms with Gasteiger partial charge in [0.25, 0.3) is 5.91 Å². The Morgan fingerprint density at radius 1 is 1.08 bits per heavy atom. The van der Waals surface area contributed by atoms with Crippen molar-refractivity contribution in [1.29, 1.82) is 0 Å². The lowest BCUT2D eigenvalue weighted by molar-refractivity contribution is -0.121. The van der Waals surface area contributed by atoms with E-state index in [4.69, 9.17) is 20.8 Å². The fourth-order valence-corrected chi connectivity index (χ4v) is 4.60. The van der Waals surface area contributed by atoms with Crippen LogP contribution >= 0.6 is 11.6 Å². The topological polar surface area (TPSA) is 126 Å². The Kier molecular flexibility index (Phi) is 8.42. The van der Waals surface area contributed by atoms with Crippen LogP contribution in [0.15, 0.2) is 40.9 Å². The minimum atomic E-state index is -0.581. The number of ether oxygens (including phenoxy) is 1. The van der Waals surface area contributed by atoms with Gasteiger partial charge in [-0.3, -0.25) is 14.4 Å². The van der Waals surface area contributed by atoms with Crippen molar-refractivity contribution in [2.45, 2.75) is 31.7 Å². The maximum Gasteiger partial charge on any atom is 0.294 e. The summed E-state index contributed by atoms with van der Waals surface area (Å²) < 4.78 is 10.7. The van der Waals surface area contributed by atoms with E-state index in [2.05, 4.69) is 25.8 Å². The van der Waals surface area contributed by atoms with Gasteiger partial charge in [-0.25, -0.2) is 4.98 Å². The molecule has 3 amide bonds. The second-order valence-corrected chi connectivity index (χ2v) is 9.71. The summed E-state index contributed by atoms with van der Waals surface area (Å²) in [5.74, 6) is -1.06. The van der Waals surface area contributed by atoms with Crippen molar-refractivity contribution < 1.29 is 23.5 Å². The highest BCUT2D eigenvalue weighted by molar-refractivity contribution is 6.30. The number of aromatic nitrogens is 1. The Hall–Kier alpha value is -3.47. The lowest BCUT2D eigenvalue weighted by atomic mass is 9.85. The number of carbonyl (C=O) groups is 3. The summed E-state index contributed by atoms with van der Waals surface area (Å²) >= 11 is 5.89. The maximum atomic E-state index is 13.3. The number of carbonyl (C=O) groups excluding carboxylic acids is 3. The van der Waals surface area contributed by atoms with Gasteiger partial charge in [-0.15, -0.1) is 0 Å². The third-order valence-electron chi connectivity index (χ3n) is 6.47. The largest absolute Gasteiger partial charge is 0.449 e. The number of nitrogens with one attached hydrogen (secondary N) is 3. The minimum Gasteiger partial charge on any atom is -0.449 e. The van der Waals surface area contributed by atoms with E-state index >= 15 is 0 Å². The van der Waals surface area contributed by atoms with Crippen LogP contribution in [0.25, 0.3) is 11.0 Å². The van der Waals surface area contributed by atoms with E-state index in [1.807, 2.05) is 14.1 Å². The van der Waals surface area contributed by atoms with Crippen molar-refractivity contribution in [3.8, 4) is 0 Å². The molecule has 1 aromatic carbocycles. The molecule has 3 N–H and O–H groups in total. The summed E-state index contributed by atoms with van der Waals surface area (Å²) in [5.41, 5.74) is 1.10. The molecule has 1 aliphatic rings. The number of hydrogen-bond donors (Lipinski definition) is 3. The SMILES string of the molecule is COCC(=O)Nc1ccc2oc(C(=O)Nc3ccc(Cl)cn3)c(NC(=O)[C@H]3CC[C@H](N(C)C)CC3)c2c1. The van der Waals surface area contributed by atoms with Gasteiger partial charge in [0.15, 0.2) is 0 Å². The molecule has 0 saturated heterocycles. The van der Waals surface area contributed by atoms with Crippen LogP contribution < -0.4 is 16.0 Å². The van der Waals surface area contributed by atoms with Crippen molar-refractivity contribution in [3.05, 3.63) is 47.3 Å². The van der Waals surface area contributed by atoms with Crippen molar-refractivity contribution in [1.82, 2.24) is 9.88 Å². The predicted molar refractivity (Wildman–Crippen MR) is 142 cm³/mol. The van der Waals surface area contributed by atoms with E-state index in [0.29, 0.717) is 27.7 Å². The molecule has 0 spiro atoms. The van der Waals surface area contributed by atoms with Gasteiger partial charge < -0.3 is 30.0 Å². The van der Waals surface area contributed by atoms with Gasteiger partial charge >= 0.3 is 0 Å². The number of rotatable bonds is 8. The molecular formula is C26H30ClN5O5. The fraction of sp³-hybridized carbons (Fsp3) is 0.385. The number of anilines is 3. The van der Waals surface area contributed by atoms with Crippen LogP contribution in [0, 0.1) is 5.92 Å². The summed E-state index contributed by atoms with van der Waals surface area (Å²) in [6.45, 7) is -0.107. The molecule has 1 fully saturated rings. The Morgan fingerprint density at radius 3 is 2.49 bits per heavy atom. The first kappa shape index (κ1) is 26.6. The second-order valence-electron chi connectivity index (χ2n) is 9.27. The van der Waals surface area contributed by atoms with E-state index < -0.39 is 5.91 Å². The van der Waals surface area contributed by atoms with Crippen LogP contribution in [0.1, 0.15) is 36.2 Å². The summed E-state index contributed by atoms with van der Waals surface area (Å²) in [5, 5.41) is 9.27. The Bertz CT molecular complexity index is 1280. The third-order valence-corrected chi connectivity index (χ3v) is 6.69. The second kappa shape index (κ2) is 11.7. The molecule has 10 nitrogen and oxygen atoms in total. The van der Waals surface area contributed by atoms with Crippen LogP contribution in [-0.2, 0) is 14.3 Å². The van der Waals surface area contributed by atoms with Crippen LogP contribution in [-0.4, -0.2) is 61.5 Å². The number of benzene rings is 1. The smallest absolute Gasteiger partial charge is 0.294 e. The Labute approximate surface area is 219 Å². The number of nitrogens with zero attached hydrogens (tertiary/aromatic N) is 2. The predicted octanol–water partition coefficient (Wildman–Crippen LogP) is 4.38. The quantitative estimate of drug-likeness (QED) is 0.397. The number of amides is 3. The minimum absolute atomic E-state index is 0.0672. The number of fused-ring (bicyclic) bond motifs is 1. The number of methoxy groups -OCH3 is 1. The molecule has 0 radical (unpaired) electrons. The molecule has 3 aromatic rings. The average molecular weight is 528 g/mol. The molecule has 1 saturated carbocycles. The zero-order valence-corrected chi connectivity index (χ0v) is 21.7. The Morgan fingerprint density at radius 2 is 1.84 bits per heavy atom. The molecular weight excluding hydrogens is 498 g/mol. The molecule has 1 aliphatic carbocycles. The monoisotopic (exact) mass is 527 g/mol. The van der Waals surface area contributed by atoms with Gasteiger partial charge in [-0.1, -0.05) is 11.6 Å². The van der Waals surface area contributed by atoms with E-state index in [1.165, 1.54) is 13.3 Å². The summed E-state index contributed by atoms with van der Waals surface area (Å²) in [4.78, 5) is 44.8. The first-order valence-electron chi connectivity index (χ1n) is 12.0. The van der Waals surface area contributed by atoms with Crippen LogP contribution in [0.5, 0.6) is 0 Å². The zero-order chi connectivity index (χ0) is 26.5. The summed E-state index contributed by atoms with van der Waals surface area (Å²) in [6, 6.07) is 8.55. The number of halogens is 1. The van der Waals surface area contributed by atoms with Crippen molar-refractivity contribution in [3.63, 3.8) is 0 Å². The van der Waals surface area contributed by atoms with E-state index in [0.717, 1.165) is 25.7 Å². The van der Waals surface area contributed by atoms with Gasteiger partial charge in [0.05, 0.1) is 5.02 Å². The number of furan rings is 1. The standard InChI is InChI=1S/C26H30ClN5O5/c1-32(2)18-8-4-15(5-9-18)25(34)31-23-19-12-17(29-22(33)14-36-3)7-10-20(19)37-24(23)26(35)30-21-11-6-16(27)13-28-21/h6-7,10-13,15,18H,4-5,8-9,14H2,1-3H3,(H,29,33)(H,31,34)(H,28,30,35)/t15-,18-. The van der Waals surface area contributed by atoms with Gasteiger partial charge in [0, 0.05) is 36.3 Å². The van der Waals surface area contributed by atoms with Crippen LogP contribution in [0.4, 0.5) is 17.2 Å². The van der Waals surface area contributed by atoms with Crippen molar-refractivity contribution in [2.24, 2.45) is 5.92 Å². The molecule has 2 aromatic heterocycles. The number of pyridine rings is 1. The first-order valence-corrected chi connectivity index (χ1v) is 12.4. The van der Waals surface area contributed by atoms with Gasteiger partial charge in [-0.2, -0.15) is 0 Å². The van der Waals surface area contributed by atoms with E-state index in [9.17, 15) is 14.4 Å². The maximum absolute atomic E-state index is 13.3. The molecule has 2 heterocycles. The highest BCUT2D eigenvalue weighted by Crippen LogP contribution is 2.35. The van der Waals surface area contributed by atoms with Crippen LogP contribution in [0.3, 0.4) is 0 Å². The molecule has 37 heavy (non-hydrogen) atoms. The van der Waals surface area contributed by atoms with Crippen molar-refractivity contribution >= 4 is 57.5 Å². The molecule has 0 atom stereocenters. The van der Waals surface area contributed by atoms with E-state index in [1.54, 1.807) is 30.3 Å². The molecule has 11 heteroatoms. The highest BCUT2D eigenvalue weighted by Gasteiger charge is 2.30. The van der Waals surface area contributed by atoms with Gasteiger partial charge in [-0.05, 0) is 70.1 Å². The molecule has 4 rings (SSSR count). The molecule has 0 bridgehead atoms. The van der Waals surface area contributed by atoms with Gasteiger partial charge in [0.2, 0.25) is 17.6 Å². The molecule has 0 aliphatic heterocycles. The third kappa shape index (κ3) is 6.46. The van der Waals surface area contributed by atoms with Crippen molar-refractivity contribution in [2.75, 3.05) is 43.8 Å². The molecule has 196 valence electrons. The Balaban J connectivity index is 1.63. The number of hydrogen-bond acceptors (Lipinski definition) is 7. The zero-order valence-electron chi connectivity index (χ0n) is 21.0. The normalized spacial score (nSPS) is 17.5. The fourth-order valence-electron chi connectivity index (χ4n) is 4.49. The average Bonchev–Trinajstić information content (AvgIpc) is 3.23. The summed E-state index contributed by atoms with van der Waals surface area (Å²) in [6.07, 6.45) is 4.75.